The Morgan fingerprint density at radius 1 is 1.17 bits per heavy atom. The van der Waals surface area contributed by atoms with Crippen LogP contribution in [0, 0.1) is 0 Å². The maximum atomic E-state index is 12.6. The van der Waals surface area contributed by atoms with Crippen molar-refractivity contribution in [2.45, 2.75) is 6.18 Å². The molecule has 2 heterocycles. The molecule has 1 aromatic carbocycles. The van der Waals surface area contributed by atoms with Crippen molar-refractivity contribution in [1.82, 2.24) is 4.98 Å². The number of benzene rings is 1. The molecule has 4 nitrogen and oxygen atoms in total. The van der Waals surface area contributed by atoms with Crippen molar-refractivity contribution in [3.8, 4) is 17.0 Å². The average Bonchev–Trinajstić information content (AvgIpc) is 2.46. The minimum absolute atomic E-state index is 0.0677. The topological polar surface area (TPSA) is 63.3 Å². The first-order valence-corrected chi connectivity index (χ1v) is 6.63. The number of aromatic nitrogens is 1. The summed E-state index contributed by atoms with van der Waals surface area (Å²) in [6.45, 7) is 0. The third-order valence-electron chi connectivity index (χ3n) is 3.14. The number of phenolic OH excluding ortho intramolecular Hbond substituents is 1. The molecule has 2 aromatic heterocycles. The zero-order chi connectivity index (χ0) is 16.8. The van der Waals surface area contributed by atoms with Gasteiger partial charge in [-0.05, 0) is 24.3 Å². The molecule has 0 bridgehead atoms. The third kappa shape index (κ3) is 2.87. The van der Waals surface area contributed by atoms with E-state index in [4.69, 9.17) is 16.0 Å². The number of nitrogens with zero attached hydrogens (tertiary/aromatic N) is 1. The number of hydrogen-bond acceptors (Lipinski definition) is 4. The highest BCUT2D eigenvalue weighted by molar-refractivity contribution is 6.33. The highest BCUT2D eigenvalue weighted by atomic mass is 35.5. The van der Waals surface area contributed by atoms with Crippen LogP contribution in [0.5, 0.6) is 5.75 Å². The molecule has 0 aliphatic heterocycles. The summed E-state index contributed by atoms with van der Waals surface area (Å²) in [7, 11) is 0. The van der Waals surface area contributed by atoms with Gasteiger partial charge in [0.15, 0.2) is 0 Å². The Morgan fingerprint density at radius 3 is 2.57 bits per heavy atom. The van der Waals surface area contributed by atoms with E-state index in [1.54, 1.807) is 0 Å². The molecule has 23 heavy (non-hydrogen) atoms. The zero-order valence-electron chi connectivity index (χ0n) is 11.2. The van der Waals surface area contributed by atoms with E-state index in [1.807, 2.05) is 0 Å². The Hall–Kier alpha value is -2.54. The second-order valence-corrected chi connectivity index (χ2v) is 5.13. The van der Waals surface area contributed by atoms with Crippen molar-refractivity contribution >= 4 is 22.6 Å². The minimum atomic E-state index is -4.58. The number of pyridine rings is 1. The number of fused-ring (bicyclic) bond motifs is 1. The van der Waals surface area contributed by atoms with Gasteiger partial charge in [-0.3, -0.25) is 4.98 Å². The minimum Gasteiger partial charge on any atom is -0.508 e. The van der Waals surface area contributed by atoms with E-state index in [1.165, 1.54) is 24.3 Å². The lowest BCUT2D eigenvalue weighted by molar-refractivity contribution is -0.137. The van der Waals surface area contributed by atoms with Gasteiger partial charge in [0.25, 0.3) is 0 Å². The number of hydrogen-bond donors (Lipinski definition) is 1. The van der Waals surface area contributed by atoms with E-state index in [0.29, 0.717) is 17.6 Å². The van der Waals surface area contributed by atoms with Crippen molar-refractivity contribution < 1.29 is 22.7 Å². The standard InChI is InChI=1S/C15H7ClF3NO3/c16-11-4-8(15(17,18)19)6-20-13(11)10-3-7-1-2-9(21)5-12(7)23-14(10)22/h1-6,21H. The van der Waals surface area contributed by atoms with Gasteiger partial charge in [-0.15, -0.1) is 0 Å². The van der Waals surface area contributed by atoms with E-state index >= 15 is 0 Å². The van der Waals surface area contributed by atoms with E-state index in [-0.39, 0.29) is 27.6 Å². The molecule has 8 heteroatoms. The molecule has 3 aromatic rings. The van der Waals surface area contributed by atoms with Crippen LogP contribution in [-0.2, 0) is 6.18 Å². The summed E-state index contributed by atoms with van der Waals surface area (Å²) in [5.41, 5.74) is -1.87. The molecule has 0 atom stereocenters. The van der Waals surface area contributed by atoms with E-state index in [2.05, 4.69) is 4.98 Å². The van der Waals surface area contributed by atoms with Crippen LogP contribution in [0.1, 0.15) is 5.56 Å². The summed E-state index contributed by atoms with van der Waals surface area (Å²) in [6.07, 6.45) is -3.98. The molecule has 0 spiro atoms. The van der Waals surface area contributed by atoms with Gasteiger partial charge in [-0.2, -0.15) is 13.2 Å². The first-order chi connectivity index (χ1) is 10.8. The first-order valence-electron chi connectivity index (χ1n) is 6.26. The highest BCUT2D eigenvalue weighted by Gasteiger charge is 2.32. The number of phenols is 1. The predicted octanol–water partition coefficient (Wildman–Crippen LogP) is 4.23. The fraction of sp³-hybridized carbons (Fsp3) is 0.0667. The van der Waals surface area contributed by atoms with Crippen molar-refractivity contribution in [2.24, 2.45) is 0 Å². The third-order valence-corrected chi connectivity index (χ3v) is 3.43. The fourth-order valence-electron chi connectivity index (χ4n) is 2.06. The van der Waals surface area contributed by atoms with Crippen LogP contribution in [0.4, 0.5) is 13.2 Å². The van der Waals surface area contributed by atoms with E-state index < -0.39 is 17.4 Å². The maximum Gasteiger partial charge on any atom is 0.417 e. The van der Waals surface area contributed by atoms with Crippen LogP contribution < -0.4 is 5.63 Å². The molecule has 1 N–H and O–H groups in total. The van der Waals surface area contributed by atoms with Crippen LogP contribution in [0.3, 0.4) is 0 Å². The molecule has 0 saturated heterocycles. The SMILES string of the molecule is O=c1oc2cc(O)ccc2cc1-c1ncc(C(F)(F)F)cc1Cl. The summed E-state index contributed by atoms with van der Waals surface area (Å²) in [6, 6.07) is 6.22. The molecule has 118 valence electrons. The van der Waals surface area contributed by atoms with Crippen molar-refractivity contribution in [1.29, 1.82) is 0 Å². The van der Waals surface area contributed by atoms with Gasteiger partial charge in [0.1, 0.15) is 11.3 Å². The lowest BCUT2D eigenvalue weighted by atomic mass is 10.1. The summed E-state index contributed by atoms with van der Waals surface area (Å²) in [4.78, 5) is 15.6. The molecule has 0 fully saturated rings. The van der Waals surface area contributed by atoms with Gasteiger partial charge in [0.2, 0.25) is 0 Å². The summed E-state index contributed by atoms with van der Waals surface area (Å²) >= 11 is 5.84. The molecular weight excluding hydrogens is 335 g/mol. The van der Waals surface area contributed by atoms with E-state index in [0.717, 1.165) is 0 Å². The molecule has 0 radical (unpaired) electrons. The number of rotatable bonds is 1. The van der Waals surface area contributed by atoms with Crippen molar-refractivity contribution in [2.75, 3.05) is 0 Å². The Balaban J connectivity index is 2.19. The Labute approximate surface area is 131 Å². The highest BCUT2D eigenvalue weighted by Crippen LogP contribution is 2.34. The van der Waals surface area contributed by atoms with Gasteiger partial charge in [0, 0.05) is 17.6 Å². The summed E-state index contributed by atoms with van der Waals surface area (Å²) < 4.78 is 42.9. The predicted molar refractivity (Wildman–Crippen MR) is 77.4 cm³/mol. The maximum absolute atomic E-state index is 12.6. The molecule has 0 saturated carbocycles. The fourth-order valence-corrected chi connectivity index (χ4v) is 2.32. The largest absolute Gasteiger partial charge is 0.508 e. The smallest absolute Gasteiger partial charge is 0.417 e. The average molecular weight is 342 g/mol. The van der Waals surface area contributed by atoms with E-state index in [9.17, 15) is 23.1 Å². The molecule has 0 amide bonds. The van der Waals surface area contributed by atoms with Gasteiger partial charge in [0.05, 0.1) is 21.8 Å². The molecular formula is C15H7ClF3NO3. The van der Waals surface area contributed by atoms with Crippen LogP contribution in [-0.4, -0.2) is 10.1 Å². The zero-order valence-corrected chi connectivity index (χ0v) is 11.9. The monoisotopic (exact) mass is 341 g/mol. The molecule has 3 rings (SSSR count). The normalized spacial score (nSPS) is 11.8. The Bertz CT molecular complexity index is 966. The first kappa shape index (κ1) is 15.4. The van der Waals surface area contributed by atoms with Gasteiger partial charge < -0.3 is 9.52 Å². The van der Waals surface area contributed by atoms with Gasteiger partial charge in [-0.1, -0.05) is 11.6 Å². The second kappa shape index (κ2) is 5.27. The van der Waals surface area contributed by atoms with Crippen LogP contribution >= 0.6 is 11.6 Å². The van der Waals surface area contributed by atoms with Crippen molar-refractivity contribution in [3.63, 3.8) is 0 Å². The number of alkyl halides is 3. The molecule has 0 unspecified atom stereocenters. The van der Waals surface area contributed by atoms with Gasteiger partial charge in [-0.25, -0.2) is 4.79 Å². The Morgan fingerprint density at radius 2 is 1.91 bits per heavy atom. The van der Waals surface area contributed by atoms with Crippen LogP contribution in [0.2, 0.25) is 5.02 Å². The number of aromatic hydroxyl groups is 1. The lowest BCUT2D eigenvalue weighted by Crippen LogP contribution is -2.08. The summed E-state index contributed by atoms with van der Waals surface area (Å²) in [5.74, 6) is -0.0842. The lowest BCUT2D eigenvalue weighted by Gasteiger charge is -2.09. The van der Waals surface area contributed by atoms with Crippen LogP contribution in [0.25, 0.3) is 22.2 Å². The van der Waals surface area contributed by atoms with Crippen molar-refractivity contribution in [3.05, 3.63) is 57.5 Å². The van der Waals surface area contributed by atoms with Gasteiger partial charge >= 0.3 is 11.8 Å². The molecule has 0 aliphatic rings. The number of halogens is 4. The summed E-state index contributed by atoms with van der Waals surface area (Å²) in [5, 5.41) is 9.51. The quantitative estimate of drug-likeness (QED) is 0.673. The Kier molecular flexibility index (Phi) is 3.52. The molecule has 0 aliphatic carbocycles. The second-order valence-electron chi connectivity index (χ2n) is 4.72. The van der Waals surface area contributed by atoms with Crippen LogP contribution in [0.15, 0.2) is 45.7 Å².